The van der Waals surface area contributed by atoms with Gasteiger partial charge in [0.1, 0.15) is 16.4 Å². The first-order chi connectivity index (χ1) is 10.5. The zero-order valence-corrected chi connectivity index (χ0v) is 13.7. The molecular formula is C16H17ClO4S. The van der Waals surface area contributed by atoms with Crippen molar-refractivity contribution < 1.29 is 17.3 Å². The predicted molar refractivity (Wildman–Crippen MR) is 86.3 cm³/mol. The first-order valence-electron chi connectivity index (χ1n) is 6.78. The SMILES string of the molecule is COc1cccc(OS(=O)(=O)c2ccc(CCCCl)cc2)c1. The Kier molecular flexibility index (Phi) is 5.69. The van der Waals surface area contributed by atoms with E-state index < -0.39 is 10.1 Å². The van der Waals surface area contributed by atoms with Gasteiger partial charge in [-0.15, -0.1) is 11.6 Å². The molecule has 0 amide bonds. The van der Waals surface area contributed by atoms with E-state index in [0.717, 1.165) is 18.4 Å². The summed E-state index contributed by atoms with van der Waals surface area (Å²) in [6.45, 7) is 0. The summed E-state index contributed by atoms with van der Waals surface area (Å²) < 4.78 is 34.6. The number of halogens is 1. The molecule has 0 atom stereocenters. The largest absolute Gasteiger partial charge is 0.497 e. The Morgan fingerprint density at radius 1 is 1.05 bits per heavy atom. The van der Waals surface area contributed by atoms with Gasteiger partial charge < -0.3 is 8.92 Å². The van der Waals surface area contributed by atoms with Gasteiger partial charge in [-0.1, -0.05) is 18.2 Å². The average Bonchev–Trinajstić information content (AvgIpc) is 2.53. The fourth-order valence-corrected chi connectivity index (χ4v) is 2.98. The van der Waals surface area contributed by atoms with Crippen LogP contribution in [0.5, 0.6) is 11.5 Å². The van der Waals surface area contributed by atoms with Crippen molar-refractivity contribution in [2.75, 3.05) is 13.0 Å². The summed E-state index contributed by atoms with van der Waals surface area (Å²) in [5.74, 6) is 1.33. The summed E-state index contributed by atoms with van der Waals surface area (Å²) in [6, 6.07) is 13.1. The number of alkyl halides is 1. The second-order valence-electron chi connectivity index (χ2n) is 4.65. The lowest BCUT2D eigenvalue weighted by Crippen LogP contribution is -2.09. The van der Waals surface area contributed by atoms with Crippen LogP contribution in [0.25, 0.3) is 0 Å². The Labute approximate surface area is 135 Å². The van der Waals surface area contributed by atoms with Crippen LogP contribution in [0.4, 0.5) is 0 Å². The van der Waals surface area contributed by atoms with E-state index in [2.05, 4.69) is 0 Å². The van der Waals surface area contributed by atoms with Gasteiger partial charge in [-0.3, -0.25) is 0 Å². The Balaban J connectivity index is 2.15. The highest BCUT2D eigenvalue weighted by Crippen LogP contribution is 2.23. The molecule has 0 radical (unpaired) electrons. The number of ether oxygens (including phenoxy) is 1. The molecule has 118 valence electrons. The van der Waals surface area contributed by atoms with Crippen molar-refractivity contribution in [2.24, 2.45) is 0 Å². The van der Waals surface area contributed by atoms with Gasteiger partial charge in [0.15, 0.2) is 0 Å². The standard InChI is InChI=1S/C16H17ClO4S/c1-20-14-5-2-6-15(12-14)21-22(18,19)16-9-7-13(8-10-16)4-3-11-17/h2,5-10,12H,3-4,11H2,1H3. The van der Waals surface area contributed by atoms with Crippen molar-refractivity contribution in [3.63, 3.8) is 0 Å². The fourth-order valence-electron chi connectivity index (χ4n) is 1.92. The van der Waals surface area contributed by atoms with E-state index in [9.17, 15) is 8.42 Å². The van der Waals surface area contributed by atoms with E-state index in [1.165, 1.54) is 13.2 Å². The number of rotatable bonds is 7. The number of benzene rings is 2. The van der Waals surface area contributed by atoms with E-state index in [-0.39, 0.29) is 10.6 Å². The van der Waals surface area contributed by atoms with Crippen LogP contribution in [0, 0.1) is 0 Å². The van der Waals surface area contributed by atoms with Gasteiger partial charge in [-0.25, -0.2) is 0 Å². The fraction of sp³-hybridized carbons (Fsp3) is 0.250. The summed E-state index contributed by atoms with van der Waals surface area (Å²) in [5, 5.41) is 0. The number of aryl methyl sites for hydroxylation is 1. The quantitative estimate of drug-likeness (QED) is 0.570. The van der Waals surface area contributed by atoms with Crippen molar-refractivity contribution in [3.8, 4) is 11.5 Å². The maximum absolute atomic E-state index is 12.2. The van der Waals surface area contributed by atoms with Crippen molar-refractivity contribution in [1.29, 1.82) is 0 Å². The van der Waals surface area contributed by atoms with Crippen LogP contribution in [0.1, 0.15) is 12.0 Å². The van der Waals surface area contributed by atoms with Crippen LogP contribution in [0.2, 0.25) is 0 Å². The number of methoxy groups -OCH3 is 1. The summed E-state index contributed by atoms with van der Waals surface area (Å²) in [4.78, 5) is 0.116. The van der Waals surface area contributed by atoms with Crippen molar-refractivity contribution >= 4 is 21.7 Å². The van der Waals surface area contributed by atoms with Crippen LogP contribution < -0.4 is 8.92 Å². The number of hydrogen-bond donors (Lipinski definition) is 0. The molecule has 0 bridgehead atoms. The van der Waals surface area contributed by atoms with Gasteiger partial charge in [-0.2, -0.15) is 8.42 Å². The molecule has 4 nitrogen and oxygen atoms in total. The molecule has 0 N–H and O–H groups in total. The molecule has 0 spiro atoms. The molecule has 0 aliphatic rings. The van der Waals surface area contributed by atoms with E-state index in [1.807, 2.05) is 0 Å². The summed E-state index contributed by atoms with van der Waals surface area (Å²) in [7, 11) is -2.35. The maximum Gasteiger partial charge on any atom is 0.339 e. The average molecular weight is 341 g/mol. The van der Waals surface area contributed by atoms with Gasteiger partial charge >= 0.3 is 10.1 Å². The minimum atomic E-state index is -3.86. The van der Waals surface area contributed by atoms with E-state index in [1.54, 1.807) is 42.5 Å². The van der Waals surface area contributed by atoms with Crippen LogP contribution in [0.3, 0.4) is 0 Å². The molecule has 0 saturated heterocycles. The molecule has 0 aromatic heterocycles. The molecule has 2 rings (SSSR count). The van der Waals surface area contributed by atoms with Crippen molar-refractivity contribution in [1.82, 2.24) is 0 Å². The Hall–Kier alpha value is -1.72. The number of hydrogen-bond acceptors (Lipinski definition) is 4. The van der Waals surface area contributed by atoms with Crippen molar-refractivity contribution in [3.05, 3.63) is 54.1 Å². The smallest absolute Gasteiger partial charge is 0.339 e. The second kappa shape index (κ2) is 7.51. The molecule has 0 aliphatic carbocycles. The molecular weight excluding hydrogens is 324 g/mol. The third-order valence-corrected chi connectivity index (χ3v) is 4.59. The van der Waals surface area contributed by atoms with Crippen LogP contribution in [0.15, 0.2) is 53.4 Å². The van der Waals surface area contributed by atoms with Gasteiger partial charge in [0.25, 0.3) is 0 Å². The molecule has 0 saturated carbocycles. The molecule has 0 fully saturated rings. The highest BCUT2D eigenvalue weighted by molar-refractivity contribution is 7.87. The van der Waals surface area contributed by atoms with Gasteiger partial charge in [-0.05, 0) is 42.7 Å². The Morgan fingerprint density at radius 3 is 2.36 bits per heavy atom. The first kappa shape index (κ1) is 16.6. The summed E-state index contributed by atoms with van der Waals surface area (Å²) in [6.07, 6.45) is 1.68. The molecule has 2 aromatic rings. The van der Waals surface area contributed by atoms with Gasteiger partial charge in [0.2, 0.25) is 0 Å². The predicted octanol–water partition coefficient (Wildman–Crippen LogP) is 3.63. The minimum Gasteiger partial charge on any atom is -0.497 e. The monoisotopic (exact) mass is 340 g/mol. The van der Waals surface area contributed by atoms with Crippen LogP contribution >= 0.6 is 11.6 Å². The second-order valence-corrected chi connectivity index (χ2v) is 6.58. The zero-order valence-electron chi connectivity index (χ0n) is 12.2. The Morgan fingerprint density at radius 2 is 1.73 bits per heavy atom. The Bertz CT molecular complexity index is 711. The highest BCUT2D eigenvalue weighted by Gasteiger charge is 2.16. The molecule has 0 heterocycles. The third-order valence-electron chi connectivity index (χ3n) is 3.06. The zero-order chi connectivity index (χ0) is 16.0. The van der Waals surface area contributed by atoms with Crippen molar-refractivity contribution in [2.45, 2.75) is 17.7 Å². The normalized spacial score (nSPS) is 11.2. The lowest BCUT2D eigenvalue weighted by atomic mass is 10.1. The molecule has 0 unspecified atom stereocenters. The maximum atomic E-state index is 12.2. The molecule has 2 aromatic carbocycles. The van der Waals surface area contributed by atoms with E-state index in [0.29, 0.717) is 11.6 Å². The molecule has 22 heavy (non-hydrogen) atoms. The first-order valence-corrected chi connectivity index (χ1v) is 8.73. The lowest BCUT2D eigenvalue weighted by Gasteiger charge is -2.09. The van der Waals surface area contributed by atoms with Crippen LogP contribution in [-0.4, -0.2) is 21.4 Å². The minimum absolute atomic E-state index is 0.116. The van der Waals surface area contributed by atoms with Gasteiger partial charge in [0.05, 0.1) is 7.11 Å². The third kappa shape index (κ3) is 4.39. The molecule has 0 aliphatic heterocycles. The molecule has 6 heteroatoms. The van der Waals surface area contributed by atoms with E-state index in [4.69, 9.17) is 20.5 Å². The van der Waals surface area contributed by atoms with Crippen LogP contribution in [-0.2, 0) is 16.5 Å². The van der Waals surface area contributed by atoms with Gasteiger partial charge in [0, 0.05) is 11.9 Å². The lowest BCUT2D eigenvalue weighted by molar-refractivity contribution is 0.411. The topological polar surface area (TPSA) is 52.6 Å². The summed E-state index contributed by atoms with van der Waals surface area (Å²) >= 11 is 5.64. The highest BCUT2D eigenvalue weighted by atomic mass is 35.5. The van der Waals surface area contributed by atoms with E-state index >= 15 is 0 Å². The summed E-state index contributed by atoms with van der Waals surface area (Å²) in [5.41, 5.74) is 1.04.